The van der Waals surface area contributed by atoms with E-state index in [1.165, 1.54) is 11.1 Å². The fourth-order valence-corrected chi connectivity index (χ4v) is 1.64. The third-order valence-electron chi connectivity index (χ3n) is 2.55. The first kappa shape index (κ1) is 15.2. The van der Waals surface area contributed by atoms with Crippen molar-refractivity contribution >= 4 is 0 Å². The molecule has 1 rings (SSSR count). The predicted molar refractivity (Wildman–Crippen MR) is 75.3 cm³/mol. The highest BCUT2D eigenvalue weighted by molar-refractivity contribution is 5.23. The lowest BCUT2D eigenvalue weighted by molar-refractivity contribution is -0.377. The molecule has 2 nitrogen and oxygen atoms in total. The second-order valence-electron chi connectivity index (χ2n) is 6.32. The summed E-state index contributed by atoms with van der Waals surface area (Å²) in [4.78, 5) is 11.1. The fraction of sp³-hybridized carbons (Fsp3) is 0.625. The summed E-state index contributed by atoms with van der Waals surface area (Å²) in [6, 6.07) is 8.47. The van der Waals surface area contributed by atoms with Crippen molar-refractivity contribution < 1.29 is 9.78 Å². The Hall–Kier alpha value is -0.860. The van der Waals surface area contributed by atoms with E-state index in [-0.39, 0.29) is 11.7 Å². The largest absolute Gasteiger partial charge is 0.230 e. The number of hydrogen-bond acceptors (Lipinski definition) is 2. The van der Waals surface area contributed by atoms with E-state index in [4.69, 9.17) is 9.78 Å². The van der Waals surface area contributed by atoms with Crippen LogP contribution in [-0.2, 0) is 9.78 Å². The van der Waals surface area contributed by atoms with Gasteiger partial charge in [-0.2, -0.15) is 0 Å². The maximum Gasteiger partial charge on any atom is 0.118 e. The molecule has 0 aliphatic rings. The molecule has 0 amide bonds. The Morgan fingerprint density at radius 2 is 1.61 bits per heavy atom. The summed E-state index contributed by atoms with van der Waals surface area (Å²) < 4.78 is 0. The van der Waals surface area contributed by atoms with Crippen LogP contribution in [-0.4, -0.2) is 5.60 Å². The summed E-state index contributed by atoms with van der Waals surface area (Å²) in [5.41, 5.74) is 2.16. The summed E-state index contributed by atoms with van der Waals surface area (Å²) in [7, 11) is 0. The second-order valence-corrected chi connectivity index (χ2v) is 6.32. The zero-order valence-electron chi connectivity index (χ0n) is 12.5. The van der Waals surface area contributed by atoms with Crippen molar-refractivity contribution in [2.24, 2.45) is 5.92 Å². The molecule has 1 unspecified atom stereocenters. The van der Waals surface area contributed by atoms with Crippen LogP contribution < -0.4 is 0 Å². The van der Waals surface area contributed by atoms with E-state index in [9.17, 15) is 0 Å². The summed E-state index contributed by atoms with van der Waals surface area (Å²) in [5, 5.41) is 0. The van der Waals surface area contributed by atoms with E-state index in [0.717, 1.165) is 6.42 Å². The molecule has 0 radical (unpaired) electrons. The van der Waals surface area contributed by atoms with Crippen LogP contribution in [0, 0.1) is 12.8 Å². The third-order valence-corrected chi connectivity index (χ3v) is 2.55. The highest BCUT2D eigenvalue weighted by Gasteiger charge is 2.19. The Labute approximate surface area is 111 Å². The molecule has 2 heteroatoms. The van der Waals surface area contributed by atoms with E-state index in [1.54, 1.807) is 0 Å². The molecule has 0 heterocycles. The molecule has 0 spiro atoms. The van der Waals surface area contributed by atoms with Crippen molar-refractivity contribution in [3.8, 4) is 0 Å². The lowest BCUT2D eigenvalue weighted by Crippen LogP contribution is -2.21. The molecule has 0 aromatic heterocycles. The lowest BCUT2D eigenvalue weighted by Gasteiger charge is -2.24. The molecule has 0 saturated heterocycles. The van der Waals surface area contributed by atoms with E-state index in [0.29, 0.717) is 5.92 Å². The first-order valence-corrected chi connectivity index (χ1v) is 6.69. The lowest BCUT2D eigenvalue weighted by atomic mass is 9.99. The maximum atomic E-state index is 5.64. The van der Waals surface area contributed by atoms with Gasteiger partial charge in [0.25, 0.3) is 0 Å². The molecule has 0 fully saturated rings. The first-order chi connectivity index (χ1) is 8.28. The number of benzene rings is 1. The topological polar surface area (TPSA) is 18.5 Å². The van der Waals surface area contributed by atoms with Crippen LogP contribution >= 0.6 is 0 Å². The van der Waals surface area contributed by atoms with E-state index in [1.807, 2.05) is 20.8 Å². The molecule has 0 aliphatic heterocycles. The average Bonchev–Trinajstić information content (AvgIpc) is 2.24. The maximum absolute atomic E-state index is 5.64. The number of rotatable bonds is 5. The van der Waals surface area contributed by atoms with Gasteiger partial charge >= 0.3 is 0 Å². The Morgan fingerprint density at radius 1 is 1.06 bits per heavy atom. The highest BCUT2D eigenvalue weighted by Crippen LogP contribution is 2.27. The van der Waals surface area contributed by atoms with E-state index < -0.39 is 0 Å². The Kier molecular flexibility index (Phi) is 5.36. The van der Waals surface area contributed by atoms with Crippen LogP contribution in [0.2, 0.25) is 0 Å². The monoisotopic (exact) mass is 250 g/mol. The minimum Gasteiger partial charge on any atom is -0.230 e. The zero-order chi connectivity index (χ0) is 13.8. The van der Waals surface area contributed by atoms with Crippen LogP contribution in [0.25, 0.3) is 0 Å². The Morgan fingerprint density at radius 3 is 2.06 bits per heavy atom. The van der Waals surface area contributed by atoms with E-state index >= 15 is 0 Å². The zero-order valence-corrected chi connectivity index (χ0v) is 12.5. The van der Waals surface area contributed by atoms with Gasteiger partial charge in [-0.05, 0) is 45.6 Å². The Bertz CT molecular complexity index is 346. The van der Waals surface area contributed by atoms with Crippen LogP contribution in [0.1, 0.15) is 58.3 Å². The van der Waals surface area contributed by atoms with Crippen LogP contribution in [0.3, 0.4) is 0 Å². The minimum absolute atomic E-state index is 0.00447. The molecule has 1 aromatic carbocycles. The molecule has 0 N–H and O–H groups in total. The van der Waals surface area contributed by atoms with Crippen molar-refractivity contribution in [1.29, 1.82) is 0 Å². The molecule has 0 bridgehead atoms. The van der Waals surface area contributed by atoms with Crippen molar-refractivity contribution in [3.05, 3.63) is 35.4 Å². The normalized spacial score (nSPS) is 13.9. The summed E-state index contributed by atoms with van der Waals surface area (Å²) in [5.74, 6) is 0.569. The van der Waals surface area contributed by atoms with Gasteiger partial charge in [0, 0.05) is 0 Å². The van der Waals surface area contributed by atoms with Gasteiger partial charge in [0.2, 0.25) is 0 Å². The SMILES string of the molecule is Cc1ccc(C(CC(C)C)OOC(C)(C)C)cc1. The van der Waals surface area contributed by atoms with Gasteiger partial charge in [0.15, 0.2) is 0 Å². The molecule has 0 aliphatic carbocycles. The van der Waals surface area contributed by atoms with Crippen LogP contribution in [0.5, 0.6) is 0 Å². The van der Waals surface area contributed by atoms with Crippen molar-refractivity contribution in [2.75, 3.05) is 0 Å². The smallest absolute Gasteiger partial charge is 0.118 e. The molecule has 18 heavy (non-hydrogen) atoms. The van der Waals surface area contributed by atoms with Crippen LogP contribution in [0.4, 0.5) is 0 Å². The van der Waals surface area contributed by atoms with Crippen molar-refractivity contribution in [1.82, 2.24) is 0 Å². The summed E-state index contributed by atoms with van der Waals surface area (Å²) in [6.45, 7) is 12.5. The molecular formula is C16H26O2. The van der Waals surface area contributed by atoms with E-state index in [2.05, 4.69) is 45.0 Å². The van der Waals surface area contributed by atoms with Crippen LogP contribution in [0.15, 0.2) is 24.3 Å². The number of hydrogen-bond donors (Lipinski definition) is 0. The molecule has 102 valence electrons. The third kappa shape index (κ3) is 5.65. The molecular weight excluding hydrogens is 224 g/mol. The van der Waals surface area contributed by atoms with Gasteiger partial charge in [-0.1, -0.05) is 43.7 Å². The first-order valence-electron chi connectivity index (χ1n) is 6.69. The van der Waals surface area contributed by atoms with Gasteiger partial charge < -0.3 is 0 Å². The fourth-order valence-electron chi connectivity index (χ4n) is 1.64. The molecule has 0 saturated carbocycles. The van der Waals surface area contributed by atoms with Crippen molar-refractivity contribution in [3.63, 3.8) is 0 Å². The predicted octanol–water partition coefficient (Wildman–Crippen LogP) is 4.83. The Balaban J connectivity index is 2.74. The highest BCUT2D eigenvalue weighted by atomic mass is 17.2. The molecule has 1 aromatic rings. The minimum atomic E-state index is -0.278. The van der Waals surface area contributed by atoms with Gasteiger partial charge in [-0.3, -0.25) is 0 Å². The number of aryl methyl sites for hydroxylation is 1. The van der Waals surface area contributed by atoms with Gasteiger partial charge in [0.05, 0.1) is 5.60 Å². The van der Waals surface area contributed by atoms with Gasteiger partial charge in [0.1, 0.15) is 6.10 Å². The quantitative estimate of drug-likeness (QED) is 0.550. The second kappa shape index (κ2) is 6.35. The summed E-state index contributed by atoms with van der Waals surface area (Å²) in [6.07, 6.45) is 0.962. The molecule has 1 atom stereocenters. The average molecular weight is 250 g/mol. The van der Waals surface area contributed by atoms with Crippen molar-refractivity contribution in [2.45, 2.75) is 59.7 Å². The van der Waals surface area contributed by atoms with Gasteiger partial charge in [-0.25, -0.2) is 9.78 Å². The van der Waals surface area contributed by atoms with Gasteiger partial charge in [-0.15, -0.1) is 0 Å². The summed E-state index contributed by atoms with van der Waals surface area (Å²) >= 11 is 0. The standard InChI is InChI=1S/C16H26O2/c1-12(2)11-15(17-18-16(4,5)6)14-9-7-13(3)8-10-14/h7-10,12,15H,11H2,1-6H3.